The number of benzene rings is 1. The van der Waals surface area contributed by atoms with E-state index in [4.69, 9.17) is 0 Å². The lowest BCUT2D eigenvalue weighted by molar-refractivity contribution is 0.0945. The Morgan fingerprint density at radius 3 is 2.89 bits per heavy atom. The first-order valence-corrected chi connectivity index (χ1v) is 7.37. The molecule has 0 saturated carbocycles. The van der Waals surface area contributed by atoms with E-state index in [1.165, 1.54) is 38.2 Å². The van der Waals surface area contributed by atoms with E-state index >= 15 is 0 Å². The van der Waals surface area contributed by atoms with Crippen LogP contribution in [-0.4, -0.2) is 22.6 Å². The van der Waals surface area contributed by atoms with Crippen molar-refractivity contribution < 1.29 is 9.50 Å². The number of hydrogen-bond donors (Lipinski definition) is 1. The fourth-order valence-corrected chi connectivity index (χ4v) is 3.21. The second-order valence-corrected chi connectivity index (χ2v) is 5.56. The summed E-state index contributed by atoms with van der Waals surface area (Å²) in [6, 6.07) is 5.16. The van der Waals surface area contributed by atoms with E-state index in [0.29, 0.717) is 11.6 Å². The summed E-state index contributed by atoms with van der Waals surface area (Å²) in [5, 5.41) is 9.31. The van der Waals surface area contributed by atoms with Gasteiger partial charge in [0.05, 0.1) is 0 Å². The number of halogens is 1. The van der Waals surface area contributed by atoms with Crippen LogP contribution in [-0.2, 0) is 0 Å². The minimum absolute atomic E-state index is 0.00259. The van der Waals surface area contributed by atoms with Crippen molar-refractivity contribution in [2.24, 2.45) is 0 Å². The van der Waals surface area contributed by atoms with E-state index < -0.39 is 0 Å². The highest BCUT2D eigenvalue weighted by molar-refractivity contribution is 5.29. The van der Waals surface area contributed by atoms with Crippen molar-refractivity contribution in [2.75, 3.05) is 6.54 Å². The van der Waals surface area contributed by atoms with E-state index in [0.717, 1.165) is 6.54 Å². The van der Waals surface area contributed by atoms with Crippen LogP contribution in [0, 0.1) is 5.82 Å². The third kappa shape index (κ3) is 3.27. The molecule has 1 fully saturated rings. The number of nitrogens with zero attached hydrogens (tertiary/aromatic N) is 1. The summed E-state index contributed by atoms with van der Waals surface area (Å²) < 4.78 is 14.0. The van der Waals surface area contributed by atoms with Crippen molar-refractivity contribution in [3.05, 3.63) is 29.6 Å². The maximum Gasteiger partial charge on any atom is 0.131 e. The average Bonchev–Trinajstić information content (AvgIpc) is 2.39. The normalized spacial score (nSPS) is 22.4. The minimum Gasteiger partial charge on any atom is -0.508 e. The van der Waals surface area contributed by atoms with Gasteiger partial charge in [-0.1, -0.05) is 25.8 Å². The molecule has 0 bridgehead atoms. The molecule has 1 aliphatic heterocycles. The summed E-state index contributed by atoms with van der Waals surface area (Å²) >= 11 is 0. The van der Waals surface area contributed by atoms with E-state index in [2.05, 4.69) is 18.7 Å². The van der Waals surface area contributed by atoms with Gasteiger partial charge in [-0.05, 0) is 38.8 Å². The zero-order valence-corrected chi connectivity index (χ0v) is 11.9. The van der Waals surface area contributed by atoms with Crippen molar-refractivity contribution in [3.63, 3.8) is 0 Å². The SMILES string of the molecule is CCCC1CCCCN1C(C)c1ccc(O)cc1F. The Kier molecular flexibility index (Phi) is 4.81. The van der Waals surface area contributed by atoms with E-state index in [9.17, 15) is 9.50 Å². The largest absolute Gasteiger partial charge is 0.508 e. The fourth-order valence-electron chi connectivity index (χ4n) is 3.21. The molecule has 1 heterocycles. The Labute approximate surface area is 115 Å². The third-order valence-corrected chi connectivity index (χ3v) is 4.23. The summed E-state index contributed by atoms with van der Waals surface area (Å²) in [5.41, 5.74) is 0.695. The summed E-state index contributed by atoms with van der Waals surface area (Å²) in [4.78, 5) is 2.43. The average molecular weight is 265 g/mol. The molecule has 1 aromatic carbocycles. The highest BCUT2D eigenvalue weighted by Crippen LogP contribution is 2.32. The lowest BCUT2D eigenvalue weighted by atomic mass is 9.94. The van der Waals surface area contributed by atoms with Crippen molar-refractivity contribution in [1.29, 1.82) is 0 Å². The lowest BCUT2D eigenvalue weighted by Crippen LogP contribution is -2.41. The van der Waals surface area contributed by atoms with Crippen LogP contribution in [0.3, 0.4) is 0 Å². The Morgan fingerprint density at radius 1 is 1.42 bits per heavy atom. The maximum absolute atomic E-state index is 14.0. The smallest absolute Gasteiger partial charge is 0.131 e. The van der Waals surface area contributed by atoms with Gasteiger partial charge >= 0.3 is 0 Å². The van der Waals surface area contributed by atoms with Crippen LogP contribution in [0.25, 0.3) is 0 Å². The first-order valence-electron chi connectivity index (χ1n) is 7.37. The molecular weight excluding hydrogens is 241 g/mol. The highest BCUT2D eigenvalue weighted by Gasteiger charge is 2.27. The molecule has 2 nitrogen and oxygen atoms in total. The topological polar surface area (TPSA) is 23.5 Å². The first kappa shape index (κ1) is 14.3. The molecule has 0 spiro atoms. The maximum atomic E-state index is 14.0. The highest BCUT2D eigenvalue weighted by atomic mass is 19.1. The first-order chi connectivity index (χ1) is 9.13. The number of hydrogen-bond acceptors (Lipinski definition) is 2. The number of likely N-dealkylation sites (tertiary alicyclic amines) is 1. The van der Waals surface area contributed by atoms with Crippen LogP contribution in [0.2, 0.25) is 0 Å². The van der Waals surface area contributed by atoms with Gasteiger partial charge in [0, 0.05) is 23.7 Å². The second kappa shape index (κ2) is 6.38. The van der Waals surface area contributed by atoms with Crippen LogP contribution >= 0.6 is 0 Å². The zero-order valence-electron chi connectivity index (χ0n) is 11.9. The van der Waals surface area contributed by atoms with Gasteiger partial charge in [0.25, 0.3) is 0 Å². The summed E-state index contributed by atoms with van der Waals surface area (Å²) in [6.45, 7) is 5.33. The van der Waals surface area contributed by atoms with Crippen molar-refractivity contribution >= 4 is 0 Å². The second-order valence-electron chi connectivity index (χ2n) is 5.56. The molecule has 2 atom stereocenters. The number of rotatable bonds is 4. The molecule has 1 aliphatic rings. The monoisotopic (exact) mass is 265 g/mol. The van der Waals surface area contributed by atoms with Crippen molar-refractivity contribution in [1.82, 2.24) is 4.90 Å². The third-order valence-electron chi connectivity index (χ3n) is 4.23. The van der Waals surface area contributed by atoms with Crippen LogP contribution < -0.4 is 0 Å². The van der Waals surface area contributed by atoms with Crippen molar-refractivity contribution in [2.45, 2.75) is 58.0 Å². The van der Waals surface area contributed by atoms with Gasteiger partial charge in [-0.3, -0.25) is 4.90 Å². The van der Waals surface area contributed by atoms with E-state index in [1.807, 2.05) is 0 Å². The molecule has 0 amide bonds. The van der Waals surface area contributed by atoms with Crippen LogP contribution in [0.5, 0.6) is 5.75 Å². The molecule has 2 unspecified atom stereocenters. The Balaban J connectivity index is 2.18. The predicted octanol–water partition coefficient (Wildman–Crippen LogP) is 4.25. The zero-order chi connectivity index (χ0) is 13.8. The predicted molar refractivity (Wildman–Crippen MR) is 75.7 cm³/mol. The molecule has 0 radical (unpaired) electrons. The number of aromatic hydroxyl groups is 1. The molecule has 1 saturated heterocycles. The molecule has 0 aromatic heterocycles. The van der Waals surface area contributed by atoms with Gasteiger partial charge in [-0.2, -0.15) is 0 Å². The molecule has 0 aliphatic carbocycles. The number of phenolic OH excluding ortho intramolecular Hbond substituents is 1. The fraction of sp³-hybridized carbons (Fsp3) is 0.625. The van der Waals surface area contributed by atoms with E-state index in [-0.39, 0.29) is 17.6 Å². The Hall–Kier alpha value is -1.09. The summed E-state index contributed by atoms with van der Waals surface area (Å²) in [7, 11) is 0. The Morgan fingerprint density at radius 2 is 2.21 bits per heavy atom. The van der Waals surface area contributed by atoms with Gasteiger partial charge in [0.1, 0.15) is 11.6 Å². The van der Waals surface area contributed by atoms with E-state index in [1.54, 1.807) is 12.1 Å². The van der Waals surface area contributed by atoms with Crippen LogP contribution in [0.15, 0.2) is 18.2 Å². The van der Waals surface area contributed by atoms with Crippen LogP contribution in [0.1, 0.15) is 57.6 Å². The lowest BCUT2D eigenvalue weighted by Gasteiger charge is -2.40. The summed E-state index contributed by atoms with van der Waals surface area (Å²) in [5.74, 6) is -0.300. The number of phenols is 1. The van der Waals surface area contributed by atoms with Gasteiger partial charge in [0.2, 0.25) is 0 Å². The summed E-state index contributed by atoms with van der Waals surface area (Å²) in [6.07, 6.45) is 6.06. The van der Waals surface area contributed by atoms with Crippen molar-refractivity contribution in [3.8, 4) is 5.75 Å². The molecule has 2 rings (SSSR count). The molecule has 3 heteroatoms. The van der Waals surface area contributed by atoms with Gasteiger partial charge < -0.3 is 5.11 Å². The van der Waals surface area contributed by atoms with Crippen LogP contribution in [0.4, 0.5) is 4.39 Å². The Bertz CT molecular complexity index is 419. The van der Waals surface area contributed by atoms with Gasteiger partial charge in [-0.15, -0.1) is 0 Å². The van der Waals surface area contributed by atoms with Gasteiger partial charge in [0.15, 0.2) is 0 Å². The standard InChI is InChI=1S/C16H24FNO/c1-3-6-13-7-4-5-10-18(13)12(2)15-9-8-14(19)11-16(15)17/h8-9,11-13,19H,3-7,10H2,1-2H3. The van der Waals surface area contributed by atoms with Gasteiger partial charge in [-0.25, -0.2) is 4.39 Å². The molecule has 19 heavy (non-hydrogen) atoms. The molecular formula is C16H24FNO. The quantitative estimate of drug-likeness (QED) is 0.880. The molecule has 1 aromatic rings. The molecule has 106 valence electrons. The molecule has 1 N–H and O–H groups in total. The minimum atomic E-state index is -0.298. The number of piperidine rings is 1.